The molecule has 1 aliphatic heterocycles. The summed E-state index contributed by atoms with van der Waals surface area (Å²) in [7, 11) is 5.79. The van der Waals surface area contributed by atoms with Gasteiger partial charge in [0.2, 0.25) is 0 Å². The van der Waals surface area contributed by atoms with Crippen molar-refractivity contribution in [3.8, 4) is 0 Å². The zero-order chi connectivity index (χ0) is 51.9. The van der Waals surface area contributed by atoms with Gasteiger partial charge in [0.25, 0.3) is 17.7 Å². The molecule has 8 atom stereocenters. The molecule has 0 N–H and O–H groups in total. The van der Waals surface area contributed by atoms with Crippen LogP contribution in [0.5, 0.6) is 0 Å². The fourth-order valence-corrected chi connectivity index (χ4v) is 8.43. The molecule has 1 aliphatic rings. The van der Waals surface area contributed by atoms with Crippen molar-refractivity contribution in [3.63, 3.8) is 0 Å². The lowest BCUT2D eigenvalue weighted by Gasteiger charge is -2.37. The molecule has 0 bridgehead atoms. The van der Waals surface area contributed by atoms with Crippen molar-refractivity contribution in [3.05, 3.63) is 71.8 Å². The molecule has 382 valence electrons. The first-order valence-corrected chi connectivity index (χ1v) is 24.2. The second-order valence-electron chi connectivity index (χ2n) is 20.5. The zero-order valence-electron chi connectivity index (χ0n) is 43.3. The lowest BCUT2D eigenvalue weighted by Crippen LogP contribution is -2.56. The van der Waals surface area contributed by atoms with E-state index in [2.05, 4.69) is 0 Å². The Morgan fingerprint density at radius 2 is 0.855 bits per heavy atom. The molecule has 1 heterocycles. The van der Waals surface area contributed by atoms with E-state index in [4.69, 9.17) is 18.9 Å². The monoisotopic (exact) mass is 963 g/mol. The van der Waals surface area contributed by atoms with Gasteiger partial charge in [-0.25, -0.2) is 14.4 Å². The van der Waals surface area contributed by atoms with Gasteiger partial charge in [-0.15, -0.1) is 0 Å². The lowest BCUT2D eigenvalue weighted by molar-refractivity contribution is -0.177. The summed E-state index contributed by atoms with van der Waals surface area (Å²) in [6.45, 7) is 17.4. The van der Waals surface area contributed by atoms with Gasteiger partial charge in [0.15, 0.2) is 30.2 Å². The first-order valence-electron chi connectivity index (χ1n) is 24.2. The molecule has 16 nitrogen and oxygen atoms in total. The van der Waals surface area contributed by atoms with E-state index < -0.39 is 89.7 Å². The highest BCUT2D eigenvalue weighted by Gasteiger charge is 2.43. The number of benzene rings is 2. The van der Waals surface area contributed by atoms with Gasteiger partial charge in [-0.05, 0) is 81.4 Å². The normalized spacial score (nSPS) is 26.3. The van der Waals surface area contributed by atoms with E-state index in [1.807, 2.05) is 55.4 Å². The quantitative estimate of drug-likeness (QED) is 0.135. The number of hydrogen-bond acceptors (Lipinski definition) is 13. The first kappa shape index (κ1) is 57.7. The van der Waals surface area contributed by atoms with Crippen molar-refractivity contribution >= 4 is 47.9 Å². The van der Waals surface area contributed by atoms with Crippen molar-refractivity contribution in [1.29, 1.82) is 0 Å². The van der Waals surface area contributed by atoms with Gasteiger partial charge < -0.3 is 33.6 Å². The smallest absolute Gasteiger partial charge is 0.329 e. The van der Waals surface area contributed by atoms with E-state index in [0.29, 0.717) is 17.4 Å². The summed E-state index contributed by atoms with van der Waals surface area (Å²) in [5.74, 6) is -6.18. The minimum Gasteiger partial charge on any atom is -0.451 e. The Bertz CT molecular complexity index is 2050. The van der Waals surface area contributed by atoms with Gasteiger partial charge in [-0.3, -0.25) is 28.9 Å². The van der Waals surface area contributed by atoms with Gasteiger partial charge in [0.05, 0.1) is 0 Å². The van der Waals surface area contributed by atoms with Crippen molar-refractivity contribution < 1.29 is 57.3 Å². The molecule has 69 heavy (non-hydrogen) atoms. The predicted molar refractivity (Wildman–Crippen MR) is 260 cm³/mol. The standard InChI is InChI=1S/C53H78N4O12/c1-33(2)25-40-49(62)67-44(29-38-21-17-15-18-22-38)47(60)56(13)41(26-34(3)4)50(63)66-37(9)46(59)55(12)42(27-35(5)6)51(64)68-45(30-39-23-19-16-20-24-39)48(61)57(14)43(28-36(7)8)52(65)69-53(10,32-58)31-54(40)11/h15-24,32-37,40-45H,25-31H2,1-14H3/t37-,40+,41+,42+,43+,44-,45-,53+/m1/s1. The molecule has 2 aromatic rings. The molecular formula is C53H78N4O12. The molecule has 0 aliphatic carbocycles. The fourth-order valence-electron chi connectivity index (χ4n) is 8.43. The number of likely N-dealkylation sites (N-methyl/N-ethyl adjacent to an activating group) is 4. The topological polar surface area (TPSA) is 186 Å². The average molecular weight is 963 g/mol. The van der Waals surface area contributed by atoms with Crippen LogP contribution < -0.4 is 0 Å². The van der Waals surface area contributed by atoms with Gasteiger partial charge in [0, 0.05) is 40.5 Å². The second kappa shape index (κ2) is 26.4. The fraction of sp³-hybridized carbons (Fsp3) is 0.623. The number of nitrogens with zero attached hydrogens (tertiary/aromatic N) is 4. The van der Waals surface area contributed by atoms with Crippen LogP contribution in [0, 0.1) is 23.7 Å². The van der Waals surface area contributed by atoms with E-state index in [9.17, 15) is 38.4 Å². The Hall–Kier alpha value is -5.64. The van der Waals surface area contributed by atoms with E-state index >= 15 is 0 Å². The molecule has 1 fully saturated rings. The number of aldehydes is 1. The van der Waals surface area contributed by atoms with E-state index in [-0.39, 0.29) is 68.7 Å². The Labute approximate surface area is 409 Å². The maximum absolute atomic E-state index is 14.7. The summed E-state index contributed by atoms with van der Waals surface area (Å²) >= 11 is 0. The third-order valence-electron chi connectivity index (χ3n) is 12.2. The van der Waals surface area contributed by atoms with Crippen LogP contribution in [-0.4, -0.2) is 150 Å². The van der Waals surface area contributed by atoms with Crippen LogP contribution in [0.3, 0.4) is 0 Å². The molecule has 0 aromatic heterocycles. The molecule has 3 amide bonds. The molecule has 0 unspecified atom stereocenters. The largest absolute Gasteiger partial charge is 0.451 e. The summed E-state index contributed by atoms with van der Waals surface area (Å²) in [5, 5.41) is 0. The van der Waals surface area contributed by atoms with Crippen LogP contribution >= 0.6 is 0 Å². The van der Waals surface area contributed by atoms with Crippen LogP contribution in [0.15, 0.2) is 60.7 Å². The van der Waals surface area contributed by atoms with Crippen molar-refractivity contribution in [2.24, 2.45) is 23.7 Å². The average Bonchev–Trinajstić information content (AvgIpc) is 3.28. The minimum atomic E-state index is -1.85. The van der Waals surface area contributed by atoms with E-state index in [1.165, 1.54) is 39.9 Å². The Morgan fingerprint density at radius 3 is 1.23 bits per heavy atom. The number of carbonyl (C=O) groups excluding carboxylic acids is 8. The van der Waals surface area contributed by atoms with Gasteiger partial charge >= 0.3 is 23.9 Å². The van der Waals surface area contributed by atoms with Crippen LogP contribution in [0.4, 0.5) is 0 Å². The highest BCUT2D eigenvalue weighted by atomic mass is 16.6. The van der Waals surface area contributed by atoms with Crippen LogP contribution in [0.1, 0.15) is 106 Å². The number of ether oxygens (including phenoxy) is 4. The first-order chi connectivity index (χ1) is 32.3. The molecule has 0 spiro atoms. The summed E-state index contributed by atoms with van der Waals surface area (Å²) < 4.78 is 24.1. The third-order valence-corrected chi connectivity index (χ3v) is 12.2. The molecule has 0 saturated carbocycles. The van der Waals surface area contributed by atoms with Crippen LogP contribution in [-0.2, 0) is 70.1 Å². The molecular weight excluding hydrogens is 885 g/mol. The summed E-state index contributed by atoms with van der Waals surface area (Å²) in [4.78, 5) is 119. The summed E-state index contributed by atoms with van der Waals surface area (Å²) in [6.07, 6.45) is -3.46. The van der Waals surface area contributed by atoms with Crippen molar-refractivity contribution in [1.82, 2.24) is 19.6 Å². The predicted octanol–water partition coefficient (Wildman–Crippen LogP) is 5.71. The Balaban J connectivity index is 2.27. The van der Waals surface area contributed by atoms with Crippen LogP contribution in [0.25, 0.3) is 0 Å². The van der Waals surface area contributed by atoms with E-state index in [0.717, 1.165) is 9.80 Å². The number of amides is 3. The van der Waals surface area contributed by atoms with E-state index in [1.54, 1.807) is 72.6 Å². The van der Waals surface area contributed by atoms with Gasteiger partial charge in [-0.2, -0.15) is 0 Å². The van der Waals surface area contributed by atoms with Gasteiger partial charge in [-0.1, -0.05) is 116 Å². The molecule has 0 radical (unpaired) electrons. The Morgan fingerprint density at radius 1 is 0.522 bits per heavy atom. The van der Waals surface area contributed by atoms with Crippen LogP contribution in [0.2, 0.25) is 0 Å². The summed E-state index contributed by atoms with van der Waals surface area (Å²) in [5.41, 5.74) is -0.535. The maximum atomic E-state index is 14.7. The molecule has 2 aromatic carbocycles. The number of hydrogen-bond donors (Lipinski definition) is 0. The molecule has 16 heteroatoms. The second-order valence-corrected chi connectivity index (χ2v) is 20.5. The van der Waals surface area contributed by atoms with Crippen molar-refractivity contribution in [2.75, 3.05) is 34.7 Å². The van der Waals surface area contributed by atoms with Gasteiger partial charge in [0.1, 0.15) is 24.2 Å². The molecule has 1 saturated heterocycles. The number of cyclic esters (lactones) is 4. The zero-order valence-corrected chi connectivity index (χ0v) is 43.3. The SMILES string of the molecule is CC(C)C[C@H]1C(=O)O[C@H](Cc2ccccc2)C(=O)N(C)[C@@H](CC(C)C)C(=O)O[C@H](C)C(=O)N(C)[C@@H](CC(C)C)C(=O)O[C@H](Cc2ccccc2)C(=O)N(C)[C@@H](CC(C)C)C(=O)O[C@](C)(C=O)CN1C. The number of esters is 4. The lowest BCUT2D eigenvalue weighted by atomic mass is 9.99. The van der Waals surface area contributed by atoms with Crippen molar-refractivity contribution in [2.45, 2.75) is 156 Å². The number of carbonyl (C=O) groups is 8. The summed E-state index contributed by atoms with van der Waals surface area (Å²) in [6, 6.07) is 13.0. The maximum Gasteiger partial charge on any atom is 0.329 e. The molecule has 3 rings (SSSR count). The Kier molecular flexibility index (Phi) is 22.0. The highest BCUT2D eigenvalue weighted by Crippen LogP contribution is 2.25. The minimum absolute atomic E-state index is 0.0519. The third kappa shape index (κ3) is 17.1. The number of rotatable bonds is 13. The highest BCUT2D eigenvalue weighted by molar-refractivity contribution is 5.93.